The SMILES string of the molecule is NS(=O)(=O)N1CC2CC(C1)N2. The van der Waals surface area contributed by atoms with E-state index < -0.39 is 10.2 Å². The Labute approximate surface area is 65.7 Å². The Morgan fingerprint density at radius 3 is 2.09 bits per heavy atom. The minimum atomic E-state index is -3.44. The highest BCUT2D eigenvalue weighted by molar-refractivity contribution is 7.86. The van der Waals surface area contributed by atoms with Gasteiger partial charge in [0, 0.05) is 25.2 Å². The largest absolute Gasteiger partial charge is 0.308 e. The summed E-state index contributed by atoms with van der Waals surface area (Å²) in [7, 11) is -3.44. The summed E-state index contributed by atoms with van der Waals surface area (Å²) in [6.45, 7) is 1.07. The molecule has 0 radical (unpaired) electrons. The van der Waals surface area contributed by atoms with Crippen molar-refractivity contribution in [1.82, 2.24) is 9.62 Å². The second-order valence-electron chi connectivity index (χ2n) is 3.16. The van der Waals surface area contributed by atoms with Gasteiger partial charge in [0.25, 0.3) is 10.2 Å². The molecule has 0 aromatic rings. The van der Waals surface area contributed by atoms with Crippen molar-refractivity contribution in [2.24, 2.45) is 5.14 Å². The van der Waals surface area contributed by atoms with Gasteiger partial charge in [-0.25, -0.2) is 5.14 Å². The predicted octanol–water partition coefficient (Wildman–Crippen LogP) is -1.76. The fourth-order valence-corrected chi connectivity index (χ4v) is 2.46. The third-order valence-corrected chi connectivity index (χ3v) is 3.27. The van der Waals surface area contributed by atoms with Gasteiger partial charge in [-0.15, -0.1) is 0 Å². The van der Waals surface area contributed by atoms with Crippen molar-refractivity contribution in [2.75, 3.05) is 13.1 Å². The van der Waals surface area contributed by atoms with Gasteiger partial charge in [-0.05, 0) is 6.42 Å². The Bertz CT molecular complexity index is 247. The van der Waals surface area contributed by atoms with E-state index in [4.69, 9.17) is 5.14 Å². The summed E-state index contributed by atoms with van der Waals surface area (Å²) in [6, 6.07) is 0.680. The fourth-order valence-electron chi connectivity index (χ4n) is 1.68. The number of nitrogens with one attached hydrogen (secondary N) is 1. The standard InChI is InChI=1S/C5H11N3O2S/c6-11(9,10)8-2-4-1-5(3-8)7-4/h4-5,7H,1-3H2,(H2,6,9,10). The van der Waals surface area contributed by atoms with Gasteiger partial charge >= 0.3 is 0 Å². The number of piperazine rings is 1. The van der Waals surface area contributed by atoms with Gasteiger partial charge in [0.05, 0.1) is 0 Å². The number of fused-ring (bicyclic) bond motifs is 2. The molecule has 3 heterocycles. The lowest BCUT2D eigenvalue weighted by atomic mass is 9.93. The molecule has 11 heavy (non-hydrogen) atoms. The van der Waals surface area contributed by atoms with Crippen LogP contribution in [0.4, 0.5) is 0 Å². The van der Waals surface area contributed by atoms with Crippen LogP contribution in [0.1, 0.15) is 6.42 Å². The van der Waals surface area contributed by atoms with E-state index in [-0.39, 0.29) is 0 Å². The molecule has 0 aliphatic carbocycles. The van der Waals surface area contributed by atoms with Crippen molar-refractivity contribution >= 4 is 10.2 Å². The van der Waals surface area contributed by atoms with Crippen molar-refractivity contribution in [1.29, 1.82) is 0 Å². The average molecular weight is 177 g/mol. The molecule has 5 nitrogen and oxygen atoms in total. The molecule has 2 bridgehead atoms. The topological polar surface area (TPSA) is 75.4 Å². The molecule has 3 N–H and O–H groups in total. The molecule has 64 valence electrons. The molecule has 0 aromatic heterocycles. The molecule has 3 aliphatic heterocycles. The van der Waals surface area contributed by atoms with E-state index >= 15 is 0 Å². The lowest BCUT2D eigenvalue weighted by Gasteiger charge is -2.46. The summed E-state index contributed by atoms with van der Waals surface area (Å²) in [4.78, 5) is 0. The molecule has 6 heteroatoms. The summed E-state index contributed by atoms with van der Waals surface area (Å²) in [6.07, 6.45) is 1.09. The van der Waals surface area contributed by atoms with E-state index in [1.54, 1.807) is 0 Å². The van der Waals surface area contributed by atoms with Crippen LogP contribution in [0.15, 0.2) is 0 Å². The van der Waals surface area contributed by atoms with Gasteiger partial charge in [0.15, 0.2) is 0 Å². The summed E-state index contributed by atoms with van der Waals surface area (Å²) in [5.41, 5.74) is 0. The summed E-state index contributed by atoms with van der Waals surface area (Å²) < 4.78 is 23.0. The number of nitrogens with zero attached hydrogens (tertiary/aromatic N) is 1. The normalized spacial score (nSPS) is 38.3. The van der Waals surface area contributed by atoms with E-state index in [0.717, 1.165) is 6.42 Å². The van der Waals surface area contributed by atoms with Gasteiger partial charge in [-0.1, -0.05) is 0 Å². The highest BCUT2D eigenvalue weighted by Gasteiger charge is 2.39. The number of rotatable bonds is 1. The van der Waals surface area contributed by atoms with Crippen LogP contribution in [-0.2, 0) is 10.2 Å². The monoisotopic (exact) mass is 177 g/mol. The lowest BCUT2D eigenvalue weighted by Crippen LogP contribution is -2.68. The van der Waals surface area contributed by atoms with Crippen LogP contribution in [0.2, 0.25) is 0 Å². The minimum Gasteiger partial charge on any atom is -0.308 e. The van der Waals surface area contributed by atoms with Crippen molar-refractivity contribution in [3.8, 4) is 0 Å². The molecular weight excluding hydrogens is 166 g/mol. The Kier molecular flexibility index (Phi) is 1.47. The van der Waals surface area contributed by atoms with Crippen molar-refractivity contribution in [2.45, 2.75) is 18.5 Å². The molecule has 0 saturated carbocycles. The third-order valence-electron chi connectivity index (χ3n) is 2.25. The van der Waals surface area contributed by atoms with Crippen LogP contribution < -0.4 is 10.5 Å². The Hall–Kier alpha value is -0.170. The number of piperidine rings is 1. The first-order chi connectivity index (χ1) is 5.05. The van der Waals surface area contributed by atoms with Crippen LogP contribution in [0.3, 0.4) is 0 Å². The van der Waals surface area contributed by atoms with E-state index in [1.165, 1.54) is 4.31 Å². The number of nitrogens with two attached hydrogens (primary N) is 1. The molecule has 3 aliphatic rings. The van der Waals surface area contributed by atoms with Crippen LogP contribution in [0.5, 0.6) is 0 Å². The van der Waals surface area contributed by atoms with E-state index in [1.807, 2.05) is 0 Å². The molecule has 0 spiro atoms. The van der Waals surface area contributed by atoms with Crippen LogP contribution >= 0.6 is 0 Å². The average Bonchev–Trinajstić information content (AvgIpc) is 1.84. The van der Waals surface area contributed by atoms with Crippen LogP contribution in [0, 0.1) is 0 Å². The maximum Gasteiger partial charge on any atom is 0.277 e. The molecule has 0 aromatic carbocycles. The van der Waals surface area contributed by atoms with Crippen molar-refractivity contribution in [3.05, 3.63) is 0 Å². The van der Waals surface area contributed by atoms with Gasteiger partial charge in [-0.2, -0.15) is 12.7 Å². The molecule has 3 saturated heterocycles. The maximum atomic E-state index is 10.8. The molecule has 3 rings (SSSR count). The summed E-state index contributed by atoms with van der Waals surface area (Å²) in [5, 5.41) is 8.18. The maximum absolute atomic E-state index is 10.8. The van der Waals surface area contributed by atoms with E-state index in [2.05, 4.69) is 5.32 Å². The van der Waals surface area contributed by atoms with Gasteiger partial charge in [0.1, 0.15) is 0 Å². The smallest absolute Gasteiger partial charge is 0.277 e. The lowest BCUT2D eigenvalue weighted by molar-refractivity contribution is 0.136. The minimum absolute atomic E-state index is 0.340. The zero-order chi connectivity index (χ0) is 8.06. The van der Waals surface area contributed by atoms with Crippen molar-refractivity contribution in [3.63, 3.8) is 0 Å². The molecular formula is C5H11N3O2S. The Morgan fingerprint density at radius 2 is 1.82 bits per heavy atom. The Balaban J connectivity index is 2.09. The fraction of sp³-hybridized carbons (Fsp3) is 1.00. The highest BCUT2D eigenvalue weighted by Crippen LogP contribution is 2.21. The summed E-state index contributed by atoms with van der Waals surface area (Å²) >= 11 is 0. The quantitative estimate of drug-likeness (QED) is 0.498. The molecule has 0 amide bonds. The highest BCUT2D eigenvalue weighted by atomic mass is 32.2. The zero-order valence-electron chi connectivity index (χ0n) is 6.03. The van der Waals surface area contributed by atoms with Gasteiger partial charge in [-0.3, -0.25) is 0 Å². The molecule has 2 unspecified atom stereocenters. The van der Waals surface area contributed by atoms with E-state index in [9.17, 15) is 8.42 Å². The van der Waals surface area contributed by atoms with Crippen molar-refractivity contribution < 1.29 is 8.42 Å². The first-order valence-corrected chi connectivity index (χ1v) is 5.10. The zero-order valence-corrected chi connectivity index (χ0v) is 6.84. The molecule has 3 fully saturated rings. The third kappa shape index (κ3) is 1.26. The molecule has 2 atom stereocenters. The first kappa shape index (κ1) is 7.48. The summed E-state index contributed by atoms with van der Waals surface area (Å²) in [5.74, 6) is 0. The van der Waals surface area contributed by atoms with Crippen LogP contribution in [0.25, 0.3) is 0 Å². The Morgan fingerprint density at radius 1 is 1.36 bits per heavy atom. The van der Waals surface area contributed by atoms with Gasteiger partial charge in [0.2, 0.25) is 0 Å². The predicted molar refractivity (Wildman–Crippen MR) is 40.0 cm³/mol. The number of hydrogen-bond acceptors (Lipinski definition) is 3. The first-order valence-electron chi connectivity index (χ1n) is 3.59. The second kappa shape index (κ2) is 2.16. The van der Waals surface area contributed by atoms with Gasteiger partial charge < -0.3 is 5.32 Å². The van der Waals surface area contributed by atoms with Crippen LogP contribution in [-0.4, -0.2) is 37.9 Å². The second-order valence-corrected chi connectivity index (χ2v) is 4.70. The number of hydrogen-bond donors (Lipinski definition) is 2. The van der Waals surface area contributed by atoms with E-state index in [0.29, 0.717) is 25.2 Å².